The van der Waals surface area contributed by atoms with Gasteiger partial charge in [0.15, 0.2) is 0 Å². The summed E-state index contributed by atoms with van der Waals surface area (Å²) in [6, 6.07) is 46.9. The average Bonchev–Trinajstić information content (AvgIpc) is 3.66. The molecule has 3 nitrogen and oxygen atoms in total. The highest BCUT2D eigenvalue weighted by atomic mass is 19.4. The summed E-state index contributed by atoms with van der Waals surface area (Å²) in [6.07, 6.45) is -4.59. The lowest BCUT2D eigenvalue weighted by molar-refractivity contribution is -0.137. The highest BCUT2D eigenvalue weighted by Gasteiger charge is 2.35. The summed E-state index contributed by atoms with van der Waals surface area (Å²) in [5, 5.41) is 14.6. The molecule has 2 heterocycles. The molecule has 2 aromatic heterocycles. The van der Waals surface area contributed by atoms with Gasteiger partial charge in [-0.1, -0.05) is 77.9 Å². The Kier molecular flexibility index (Phi) is 7.32. The van der Waals surface area contributed by atoms with Crippen molar-refractivity contribution in [2.24, 2.45) is 0 Å². The van der Waals surface area contributed by atoms with Gasteiger partial charge in [-0.2, -0.15) is 18.4 Å². The second-order valence-corrected chi connectivity index (χ2v) is 13.8. The number of hydrogen-bond donors (Lipinski definition) is 0. The minimum absolute atomic E-state index is 0.116. The van der Waals surface area contributed by atoms with E-state index >= 15 is 0 Å². The van der Waals surface area contributed by atoms with Crippen molar-refractivity contribution >= 4 is 43.6 Å². The normalized spacial score (nSPS) is 11.9. The van der Waals surface area contributed by atoms with Gasteiger partial charge in [-0.25, -0.2) is 0 Å². The third-order valence-electron chi connectivity index (χ3n) is 10.4. The second kappa shape index (κ2) is 12.0. The van der Waals surface area contributed by atoms with E-state index in [9.17, 15) is 18.4 Å². The number of aryl methyl sites for hydroxylation is 3. The first kappa shape index (κ1) is 32.3. The minimum atomic E-state index is -4.59. The molecular weight excluding hydrogens is 664 g/mol. The number of nitrogens with zero attached hydrogens (tertiary/aromatic N) is 3. The van der Waals surface area contributed by atoms with E-state index in [1.54, 1.807) is 19.1 Å². The number of aromatic nitrogens is 2. The fraction of sp³-hybridized carbons (Fsp3) is 0.0851. The third-order valence-corrected chi connectivity index (χ3v) is 10.4. The Hall–Kier alpha value is -6.58. The molecule has 9 aromatic rings. The van der Waals surface area contributed by atoms with E-state index in [-0.39, 0.29) is 5.56 Å². The number of fused-ring (bicyclic) bond motifs is 6. The van der Waals surface area contributed by atoms with Gasteiger partial charge < -0.3 is 9.13 Å². The van der Waals surface area contributed by atoms with Crippen LogP contribution in [0.3, 0.4) is 0 Å². The lowest BCUT2D eigenvalue weighted by Crippen LogP contribution is -2.09. The molecule has 6 heteroatoms. The maximum Gasteiger partial charge on any atom is 0.417 e. The van der Waals surface area contributed by atoms with Crippen LogP contribution in [0.15, 0.2) is 140 Å². The molecule has 0 bridgehead atoms. The van der Waals surface area contributed by atoms with Gasteiger partial charge in [0.1, 0.15) is 0 Å². The molecule has 0 saturated carbocycles. The highest BCUT2D eigenvalue weighted by Crippen LogP contribution is 2.46. The number of para-hydroxylation sites is 2. The lowest BCUT2D eigenvalue weighted by Gasteiger charge is -2.22. The van der Waals surface area contributed by atoms with Gasteiger partial charge in [-0.05, 0) is 116 Å². The standard InChI is InChI=1S/C47H32F3N3/c1-28-15-20-43-37(23-28)33-10-4-6-13-41(33)52(43)32-18-19-35(46-30(3)9-8-12-40(46)47(48,49)50)36(26-32)39-25-31(27-51)17-22-45(39)53-42-14-7-5-11-34(42)38-24-29(2)16-21-44(38)53/h4-26H,1-3H3. The van der Waals surface area contributed by atoms with Crippen molar-refractivity contribution in [1.82, 2.24) is 9.13 Å². The number of rotatable bonds is 4. The molecule has 0 fully saturated rings. The molecule has 0 radical (unpaired) electrons. The van der Waals surface area contributed by atoms with E-state index in [1.165, 1.54) is 6.07 Å². The van der Waals surface area contributed by atoms with Crippen LogP contribution in [-0.4, -0.2) is 9.13 Å². The van der Waals surface area contributed by atoms with Crippen molar-refractivity contribution in [3.8, 4) is 39.7 Å². The first-order chi connectivity index (χ1) is 25.6. The van der Waals surface area contributed by atoms with E-state index in [0.29, 0.717) is 27.8 Å². The second-order valence-electron chi connectivity index (χ2n) is 13.8. The topological polar surface area (TPSA) is 33.6 Å². The van der Waals surface area contributed by atoms with Gasteiger partial charge in [0.2, 0.25) is 0 Å². The van der Waals surface area contributed by atoms with E-state index in [1.807, 2.05) is 54.6 Å². The largest absolute Gasteiger partial charge is 0.417 e. The number of benzene rings is 7. The van der Waals surface area contributed by atoms with Crippen LogP contribution < -0.4 is 0 Å². The Balaban J connectivity index is 1.44. The Morgan fingerprint density at radius 3 is 1.75 bits per heavy atom. The van der Waals surface area contributed by atoms with Crippen molar-refractivity contribution in [1.29, 1.82) is 5.26 Å². The smallest absolute Gasteiger partial charge is 0.309 e. The third kappa shape index (κ3) is 5.11. The number of halogens is 3. The molecule has 0 aliphatic heterocycles. The van der Waals surface area contributed by atoms with Gasteiger partial charge in [0, 0.05) is 32.8 Å². The van der Waals surface area contributed by atoms with Crippen LogP contribution in [0.5, 0.6) is 0 Å². The van der Waals surface area contributed by atoms with Crippen LogP contribution in [0, 0.1) is 32.1 Å². The summed E-state index contributed by atoms with van der Waals surface area (Å²) in [5.74, 6) is 0. The molecule has 0 amide bonds. The minimum Gasteiger partial charge on any atom is -0.309 e. The summed E-state index contributed by atoms with van der Waals surface area (Å²) in [4.78, 5) is 0. The van der Waals surface area contributed by atoms with E-state index in [0.717, 1.165) is 72.2 Å². The number of alkyl halides is 3. The molecule has 0 unspecified atom stereocenters. The zero-order valence-corrected chi connectivity index (χ0v) is 29.3. The Morgan fingerprint density at radius 2 is 1.11 bits per heavy atom. The van der Waals surface area contributed by atoms with Crippen molar-refractivity contribution in [2.75, 3.05) is 0 Å². The van der Waals surface area contributed by atoms with Crippen LogP contribution in [0.25, 0.3) is 77.2 Å². The first-order valence-corrected chi connectivity index (χ1v) is 17.5. The summed E-state index contributed by atoms with van der Waals surface area (Å²) < 4.78 is 49.0. The maximum absolute atomic E-state index is 14.9. The molecule has 0 atom stereocenters. The summed E-state index contributed by atoms with van der Waals surface area (Å²) in [7, 11) is 0. The molecule has 0 aliphatic carbocycles. The Morgan fingerprint density at radius 1 is 0.509 bits per heavy atom. The summed E-state index contributed by atoms with van der Waals surface area (Å²) >= 11 is 0. The van der Waals surface area contributed by atoms with Crippen LogP contribution >= 0.6 is 0 Å². The molecule has 53 heavy (non-hydrogen) atoms. The SMILES string of the molecule is Cc1ccc2c(c1)c1ccccc1n2-c1ccc(-c2c(C)cccc2C(F)(F)F)c(-c2cc(C#N)ccc2-n2c3ccccc3c3cc(C)ccc32)c1. The molecule has 7 aromatic carbocycles. The zero-order valence-electron chi connectivity index (χ0n) is 29.3. The molecule has 0 spiro atoms. The highest BCUT2D eigenvalue weighted by molar-refractivity contribution is 6.11. The quantitative estimate of drug-likeness (QED) is 0.180. The zero-order chi connectivity index (χ0) is 36.6. The summed E-state index contributed by atoms with van der Waals surface area (Å²) in [5.41, 5.74) is 9.72. The average molecular weight is 696 g/mol. The molecule has 9 rings (SSSR count). The summed E-state index contributed by atoms with van der Waals surface area (Å²) in [6.45, 7) is 5.85. The Labute approximate surface area is 304 Å². The molecule has 0 aliphatic rings. The maximum atomic E-state index is 14.9. The molecule has 256 valence electrons. The van der Waals surface area contributed by atoms with Gasteiger partial charge >= 0.3 is 6.18 Å². The number of nitriles is 1. The van der Waals surface area contributed by atoms with Crippen molar-refractivity contribution in [3.63, 3.8) is 0 Å². The lowest BCUT2D eigenvalue weighted by atomic mass is 9.87. The monoisotopic (exact) mass is 695 g/mol. The van der Waals surface area contributed by atoms with Crippen LogP contribution in [-0.2, 0) is 6.18 Å². The molecule has 0 N–H and O–H groups in total. The van der Waals surface area contributed by atoms with E-state index < -0.39 is 11.7 Å². The predicted molar refractivity (Wildman–Crippen MR) is 210 cm³/mol. The predicted octanol–water partition coefficient (Wildman–Crippen LogP) is 13.0. The fourth-order valence-electron chi connectivity index (χ4n) is 8.10. The fourth-order valence-corrected chi connectivity index (χ4v) is 8.10. The van der Waals surface area contributed by atoms with Crippen LogP contribution in [0.1, 0.15) is 27.8 Å². The molecular formula is C47H32F3N3. The van der Waals surface area contributed by atoms with Crippen molar-refractivity contribution in [2.45, 2.75) is 26.9 Å². The van der Waals surface area contributed by atoms with Gasteiger partial charge in [0.25, 0.3) is 0 Å². The Bertz CT molecular complexity index is 2990. The van der Waals surface area contributed by atoms with Crippen molar-refractivity contribution < 1.29 is 13.2 Å². The molecule has 0 saturated heterocycles. The van der Waals surface area contributed by atoms with E-state index in [4.69, 9.17) is 0 Å². The van der Waals surface area contributed by atoms with Gasteiger partial charge in [0.05, 0.1) is 45.0 Å². The van der Waals surface area contributed by atoms with Crippen molar-refractivity contribution in [3.05, 3.63) is 167 Å². The van der Waals surface area contributed by atoms with Crippen LogP contribution in [0.4, 0.5) is 13.2 Å². The van der Waals surface area contributed by atoms with Crippen LogP contribution in [0.2, 0.25) is 0 Å². The first-order valence-electron chi connectivity index (χ1n) is 17.5. The van der Waals surface area contributed by atoms with Gasteiger partial charge in [-0.15, -0.1) is 0 Å². The number of hydrogen-bond acceptors (Lipinski definition) is 1. The van der Waals surface area contributed by atoms with E-state index in [2.05, 4.69) is 89.7 Å². The van der Waals surface area contributed by atoms with Gasteiger partial charge in [-0.3, -0.25) is 0 Å².